The summed E-state index contributed by atoms with van der Waals surface area (Å²) in [6, 6.07) is 18.6. The first kappa shape index (κ1) is 21.6. The molecule has 1 N–H and O–H groups in total. The summed E-state index contributed by atoms with van der Waals surface area (Å²) in [6.07, 6.45) is 3.02. The second-order valence-corrected chi connectivity index (χ2v) is 9.23. The molecule has 5 rings (SSSR count). The summed E-state index contributed by atoms with van der Waals surface area (Å²) in [7, 11) is 0. The lowest BCUT2D eigenvalue weighted by atomic mass is 10.1. The van der Waals surface area contributed by atoms with E-state index in [-0.39, 0.29) is 18.1 Å². The number of furan rings is 1. The minimum Gasteiger partial charge on any atom is -0.467 e. The van der Waals surface area contributed by atoms with E-state index in [0.29, 0.717) is 23.9 Å². The number of ether oxygens (including phenoxy) is 1. The first-order valence-corrected chi connectivity index (χ1v) is 11.7. The highest BCUT2D eigenvalue weighted by Crippen LogP contribution is 2.33. The zero-order valence-corrected chi connectivity index (χ0v) is 19.5. The molecule has 1 saturated heterocycles. The Bertz CT molecular complexity index is 1110. The van der Waals surface area contributed by atoms with Crippen LogP contribution in [0.1, 0.15) is 42.5 Å². The Morgan fingerprint density at radius 2 is 1.73 bits per heavy atom. The van der Waals surface area contributed by atoms with Crippen molar-refractivity contribution in [1.29, 1.82) is 0 Å². The smallest absolute Gasteiger partial charge is 0.259 e. The van der Waals surface area contributed by atoms with Gasteiger partial charge in [-0.1, -0.05) is 18.2 Å². The van der Waals surface area contributed by atoms with Crippen LogP contribution in [0.5, 0.6) is 0 Å². The lowest BCUT2D eigenvalue weighted by molar-refractivity contribution is -0.00521. The lowest BCUT2D eigenvalue weighted by Gasteiger charge is -2.36. The van der Waals surface area contributed by atoms with Crippen LogP contribution in [0, 0.1) is 0 Å². The SMILES string of the molecule is CC1CN(c2ccc(NC(=O)c3ccoc3CN3c4ccccc4CC3C)cc2)CC(C)O1. The van der Waals surface area contributed by atoms with E-state index < -0.39 is 0 Å². The fourth-order valence-corrected chi connectivity index (χ4v) is 5.03. The number of hydrogen-bond donors (Lipinski definition) is 1. The van der Waals surface area contributed by atoms with Crippen molar-refractivity contribution in [2.24, 2.45) is 0 Å². The second kappa shape index (κ2) is 8.94. The van der Waals surface area contributed by atoms with Gasteiger partial charge in [-0.05, 0) is 69.2 Å². The normalized spacial score (nSPS) is 22.3. The summed E-state index contributed by atoms with van der Waals surface area (Å²) in [5.41, 5.74) is 5.04. The van der Waals surface area contributed by atoms with Crippen molar-refractivity contribution in [3.8, 4) is 0 Å². The Hall–Kier alpha value is -3.25. The second-order valence-electron chi connectivity index (χ2n) is 9.23. The third-order valence-electron chi connectivity index (χ3n) is 6.56. The van der Waals surface area contributed by atoms with Gasteiger partial charge in [0, 0.05) is 36.2 Å². The van der Waals surface area contributed by atoms with Crippen LogP contribution in [0.2, 0.25) is 0 Å². The number of benzene rings is 2. The molecule has 1 aromatic heterocycles. The number of nitrogens with one attached hydrogen (secondary N) is 1. The average molecular weight is 446 g/mol. The molecule has 6 heteroatoms. The number of fused-ring (bicyclic) bond motifs is 1. The first-order valence-electron chi connectivity index (χ1n) is 11.7. The van der Waals surface area contributed by atoms with Crippen molar-refractivity contribution in [1.82, 2.24) is 0 Å². The van der Waals surface area contributed by atoms with Gasteiger partial charge < -0.3 is 24.3 Å². The molecule has 0 spiro atoms. The van der Waals surface area contributed by atoms with Crippen molar-refractivity contribution < 1.29 is 13.9 Å². The molecule has 3 atom stereocenters. The maximum atomic E-state index is 13.1. The molecule has 6 nitrogen and oxygen atoms in total. The van der Waals surface area contributed by atoms with Crippen LogP contribution < -0.4 is 15.1 Å². The summed E-state index contributed by atoms with van der Waals surface area (Å²) in [4.78, 5) is 17.7. The standard InChI is InChI=1S/C27H31N3O3/c1-18-14-21-6-4-5-7-25(21)30(18)17-26-24(12-13-32-26)27(31)28-22-8-10-23(11-9-22)29-15-19(2)33-20(3)16-29/h4-13,18-20H,14-17H2,1-3H3,(H,28,31). The number of rotatable bonds is 5. The number of nitrogens with zero attached hydrogens (tertiary/aromatic N) is 2. The fourth-order valence-electron chi connectivity index (χ4n) is 5.03. The highest BCUT2D eigenvalue weighted by atomic mass is 16.5. The van der Waals surface area contributed by atoms with Gasteiger partial charge in [0.1, 0.15) is 5.76 Å². The van der Waals surface area contributed by atoms with Crippen LogP contribution in [0.15, 0.2) is 65.3 Å². The van der Waals surface area contributed by atoms with Gasteiger partial charge in [-0.2, -0.15) is 0 Å². The first-order chi connectivity index (χ1) is 16.0. The van der Waals surface area contributed by atoms with E-state index in [4.69, 9.17) is 9.15 Å². The van der Waals surface area contributed by atoms with Crippen molar-refractivity contribution in [3.05, 3.63) is 77.7 Å². The zero-order chi connectivity index (χ0) is 22.9. The van der Waals surface area contributed by atoms with Gasteiger partial charge in [0.25, 0.3) is 5.91 Å². The number of carbonyl (C=O) groups is 1. The largest absolute Gasteiger partial charge is 0.467 e. The molecule has 0 bridgehead atoms. The minimum absolute atomic E-state index is 0.153. The third-order valence-corrected chi connectivity index (χ3v) is 6.56. The number of carbonyl (C=O) groups excluding carboxylic acids is 1. The molecule has 172 valence electrons. The molecule has 1 amide bonds. The van der Waals surface area contributed by atoms with Crippen molar-refractivity contribution in [2.75, 3.05) is 28.2 Å². The molecular weight excluding hydrogens is 414 g/mol. The highest BCUT2D eigenvalue weighted by molar-refractivity contribution is 6.05. The van der Waals surface area contributed by atoms with Crippen LogP contribution >= 0.6 is 0 Å². The number of hydrogen-bond acceptors (Lipinski definition) is 5. The zero-order valence-electron chi connectivity index (χ0n) is 19.5. The monoisotopic (exact) mass is 445 g/mol. The molecule has 3 aromatic rings. The van der Waals surface area contributed by atoms with Crippen LogP contribution in [-0.4, -0.2) is 37.2 Å². The van der Waals surface area contributed by atoms with Crippen LogP contribution in [0.25, 0.3) is 0 Å². The number of morpholine rings is 1. The van der Waals surface area contributed by atoms with E-state index in [0.717, 1.165) is 30.9 Å². The maximum absolute atomic E-state index is 13.1. The summed E-state index contributed by atoms with van der Waals surface area (Å²) < 4.78 is 11.6. The topological polar surface area (TPSA) is 58.0 Å². The average Bonchev–Trinajstić information content (AvgIpc) is 3.38. The van der Waals surface area contributed by atoms with E-state index in [1.54, 1.807) is 12.3 Å². The lowest BCUT2D eigenvalue weighted by Crippen LogP contribution is -2.45. The predicted octanol–water partition coefficient (Wildman–Crippen LogP) is 5.10. The molecule has 0 aliphatic carbocycles. The molecule has 3 heterocycles. The number of para-hydroxylation sites is 1. The summed E-state index contributed by atoms with van der Waals surface area (Å²) >= 11 is 0. The third kappa shape index (κ3) is 4.48. The van der Waals surface area contributed by atoms with E-state index in [1.165, 1.54) is 11.3 Å². The van der Waals surface area contributed by atoms with E-state index >= 15 is 0 Å². The molecule has 2 aliphatic rings. The van der Waals surface area contributed by atoms with Gasteiger partial charge in [-0.3, -0.25) is 4.79 Å². The van der Waals surface area contributed by atoms with Crippen LogP contribution in [0.3, 0.4) is 0 Å². The molecule has 33 heavy (non-hydrogen) atoms. The highest BCUT2D eigenvalue weighted by Gasteiger charge is 2.28. The maximum Gasteiger partial charge on any atom is 0.259 e. The van der Waals surface area contributed by atoms with E-state index in [9.17, 15) is 4.79 Å². The minimum atomic E-state index is -0.153. The summed E-state index contributed by atoms with van der Waals surface area (Å²) in [6.45, 7) is 8.71. The van der Waals surface area contributed by atoms with Gasteiger partial charge in [-0.25, -0.2) is 0 Å². The molecule has 2 aromatic carbocycles. The predicted molar refractivity (Wildman–Crippen MR) is 131 cm³/mol. The van der Waals surface area contributed by atoms with Crippen molar-refractivity contribution >= 4 is 23.0 Å². The quantitative estimate of drug-likeness (QED) is 0.592. The summed E-state index contributed by atoms with van der Waals surface area (Å²) in [5, 5.41) is 3.03. The molecular formula is C27H31N3O3. The molecule has 2 aliphatic heterocycles. The Labute approximate surface area is 195 Å². The van der Waals surface area contributed by atoms with E-state index in [1.807, 2.05) is 12.1 Å². The van der Waals surface area contributed by atoms with Gasteiger partial charge in [0.15, 0.2) is 0 Å². The van der Waals surface area contributed by atoms with Gasteiger partial charge >= 0.3 is 0 Å². The Balaban J connectivity index is 1.27. The molecule has 3 unspecified atom stereocenters. The Morgan fingerprint density at radius 3 is 2.48 bits per heavy atom. The summed E-state index contributed by atoms with van der Waals surface area (Å²) in [5.74, 6) is 0.532. The van der Waals surface area contributed by atoms with Crippen LogP contribution in [0.4, 0.5) is 17.1 Å². The van der Waals surface area contributed by atoms with Crippen LogP contribution in [-0.2, 0) is 17.7 Å². The number of anilines is 3. The Morgan fingerprint density at radius 1 is 1.00 bits per heavy atom. The molecule has 0 radical (unpaired) electrons. The van der Waals surface area contributed by atoms with Crippen molar-refractivity contribution in [2.45, 2.75) is 52.0 Å². The van der Waals surface area contributed by atoms with Crippen molar-refractivity contribution in [3.63, 3.8) is 0 Å². The van der Waals surface area contributed by atoms with E-state index in [2.05, 4.69) is 72.3 Å². The number of amides is 1. The molecule has 0 saturated carbocycles. The van der Waals surface area contributed by atoms with Gasteiger partial charge in [0.05, 0.1) is 30.6 Å². The molecule has 1 fully saturated rings. The Kier molecular flexibility index (Phi) is 5.85. The fraction of sp³-hybridized carbons (Fsp3) is 0.370. The van der Waals surface area contributed by atoms with Gasteiger partial charge in [-0.15, -0.1) is 0 Å². The van der Waals surface area contributed by atoms with Gasteiger partial charge in [0.2, 0.25) is 0 Å².